The largest absolute Gasteiger partial charge is 0.373 e. The molecule has 0 fully saturated rings. The molecule has 0 spiro atoms. The van der Waals surface area contributed by atoms with Crippen LogP contribution in [0.3, 0.4) is 0 Å². The number of anilines is 1. The summed E-state index contributed by atoms with van der Waals surface area (Å²) in [6.07, 6.45) is 2.44. The summed E-state index contributed by atoms with van der Waals surface area (Å²) in [4.78, 5) is 4.55. The minimum atomic E-state index is 0.836. The maximum atomic E-state index is 5.18. The van der Waals surface area contributed by atoms with Crippen LogP contribution in [0, 0.1) is 9.02 Å². The van der Waals surface area contributed by atoms with Crippen molar-refractivity contribution in [3.63, 3.8) is 0 Å². The van der Waals surface area contributed by atoms with E-state index in [4.69, 9.17) is 24.4 Å². The van der Waals surface area contributed by atoms with Gasteiger partial charge in [-0.05, 0) is 39.0 Å². The van der Waals surface area contributed by atoms with Gasteiger partial charge in [-0.3, -0.25) is 0 Å². The first-order chi connectivity index (χ1) is 7.56. The van der Waals surface area contributed by atoms with Crippen LogP contribution in [0.1, 0.15) is 19.8 Å². The molecule has 0 aromatic heterocycles. The van der Waals surface area contributed by atoms with Gasteiger partial charge >= 0.3 is 0 Å². The van der Waals surface area contributed by atoms with Crippen molar-refractivity contribution in [2.75, 3.05) is 38.6 Å². The molecular formula is C12H20N2S2. The molecule has 1 rings (SSSR count). The first-order valence-corrected chi connectivity index (χ1v) is 6.58. The van der Waals surface area contributed by atoms with Crippen LogP contribution in [0.5, 0.6) is 0 Å². The van der Waals surface area contributed by atoms with E-state index in [-0.39, 0.29) is 0 Å². The molecule has 0 aliphatic heterocycles. The molecule has 0 amide bonds. The molecule has 0 bridgehead atoms. The monoisotopic (exact) mass is 256 g/mol. The third-order valence-electron chi connectivity index (χ3n) is 2.96. The Labute approximate surface area is 109 Å². The van der Waals surface area contributed by atoms with Gasteiger partial charge in [0.25, 0.3) is 0 Å². The summed E-state index contributed by atoms with van der Waals surface area (Å²) in [5.74, 6) is 0. The Morgan fingerprint density at radius 1 is 1.12 bits per heavy atom. The molecule has 0 saturated heterocycles. The summed E-state index contributed by atoms with van der Waals surface area (Å²) in [5, 5.41) is 0. The van der Waals surface area contributed by atoms with E-state index >= 15 is 0 Å². The fraction of sp³-hybridized carbons (Fsp3) is 0.667. The lowest BCUT2D eigenvalue weighted by molar-refractivity contribution is 0.344. The summed E-state index contributed by atoms with van der Waals surface area (Å²) in [6, 6.07) is 2.00. The van der Waals surface area contributed by atoms with Crippen LogP contribution in [0.2, 0.25) is 0 Å². The van der Waals surface area contributed by atoms with Crippen molar-refractivity contribution in [1.29, 1.82) is 0 Å². The Morgan fingerprint density at radius 3 is 2.25 bits per heavy atom. The smallest absolute Gasteiger partial charge is 0.0792 e. The second kappa shape index (κ2) is 6.42. The predicted octanol–water partition coefficient (Wildman–Crippen LogP) is 3.19. The van der Waals surface area contributed by atoms with Crippen molar-refractivity contribution in [1.82, 2.24) is 4.90 Å². The molecule has 0 aliphatic rings. The summed E-state index contributed by atoms with van der Waals surface area (Å²) in [5.41, 5.74) is 1.14. The minimum absolute atomic E-state index is 0.836. The number of rotatable bonds is 7. The molecule has 0 aliphatic carbocycles. The van der Waals surface area contributed by atoms with Gasteiger partial charge in [-0.25, -0.2) is 0 Å². The van der Waals surface area contributed by atoms with Gasteiger partial charge in [0, 0.05) is 13.6 Å². The van der Waals surface area contributed by atoms with Gasteiger partial charge in [0.15, 0.2) is 0 Å². The normalized spacial score (nSPS) is 11.2. The summed E-state index contributed by atoms with van der Waals surface area (Å²) < 4.78 is 1.70. The van der Waals surface area contributed by atoms with Crippen molar-refractivity contribution in [2.45, 2.75) is 19.8 Å². The van der Waals surface area contributed by atoms with Crippen molar-refractivity contribution >= 4 is 30.1 Å². The number of unbranched alkanes of at least 4 members (excludes halogenated alkanes) is 1. The van der Waals surface area contributed by atoms with Crippen LogP contribution >= 0.6 is 24.4 Å². The van der Waals surface area contributed by atoms with E-state index in [1.165, 1.54) is 19.4 Å². The van der Waals surface area contributed by atoms with Crippen LogP contribution < -0.4 is 4.90 Å². The van der Waals surface area contributed by atoms with Gasteiger partial charge in [-0.2, -0.15) is 0 Å². The van der Waals surface area contributed by atoms with Gasteiger partial charge in [0.1, 0.15) is 0 Å². The highest BCUT2D eigenvalue weighted by Crippen LogP contribution is 2.21. The van der Waals surface area contributed by atoms with Crippen molar-refractivity contribution in [2.24, 2.45) is 0 Å². The number of hydrogen-bond donors (Lipinski definition) is 0. The van der Waals surface area contributed by atoms with Crippen LogP contribution in [0.25, 0.3) is 0 Å². The highest BCUT2D eigenvalue weighted by atomic mass is 32.1. The molecule has 1 aromatic carbocycles. The maximum Gasteiger partial charge on any atom is 0.0792 e. The molecule has 0 radical (unpaired) electrons. The molecule has 16 heavy (non-hydrogen) atoms. The minimum Gasteiger partial charge on any atom is -0.373 e. The van der Waals surface area contributed by atoms with Crippen LogP contribution in [0.4, 0.5) is 5.69 Å². The Balaban J connectivity index is 2.22. The molecule has 0 unspecified atom stereocenters. The van der Waals surface area contributed by atoms with E-state index in [0.717, 1.165) is 27.8 Å². The lowest BCUT2D eigenvalue weighted by Gasteiger charge is -2.21. The SMILES string of the molecule is CCN(C)CCCCN(C)c1cc(=S)c1=S. The second-order valence-electron chi connectivity index (χ2n) is 4.25. The van der Waals surface area contributed by atoms with Gasteiger partial charge in [0.05, 0.1) is 14.7 Å². The fourth-order valence-electron chi connectivity index (χ4n) is 1.60. The molecule has 0 heterocycles. The van der Waals surface area contributed by atoms with Gasteiger partial charge in [0.2, 0.25) is 0 Å². The Hall–Kier alpha value is -0.320. The lowest BCUT2D eigenvalue weighted by Crippen LogP contribution is -2.23. The molecule has 4 heteroatoms. The number of hydrogen-bond acceptors (Lipinski definition) is 4. The van der Waals surface area contributed by atoms with E-state index < -0.39 is 0 Å². The number of nitrogens with zero attached hydrogens (tertiary/aromatic N) is 2. The molecule has 90 valence electrons. The van der Waals surface area contributed by atoms with Crippen molar-refractivity contribution < 1.29 is 0 Å². The molecular weight excluding hydrogens is 236 g/mol. The molecule has 0 atom stereocenters. The predicted molar refractivity (Wildman–Crippen MR) is 76.2 cm³/mol. The Kier molecular flexibility index (Phi) is 5.52. The van der Waals surface area contributed by atoms with Crippen LogP contribution in [-0.4, -0.2) is 38.6 Å². The summed E-state index contributed by atoms with van der Waals surface area (Å²) >= 11 is 10.2. The quantitative estimate of drug-likeness (QED) is 0.546. The van der Waals surface area contributed by atoms with Crippen LogP contribution in [0.15, 0.2) is 6.07 Å². The summed E-state index contributed by atoms with van der Waals surface area (Å²) in [6.45, 7) is 5.54. The Bertz CT molecular complexity index is 393. The van der Waals surface area contributed by atoms with Crippen molar-refractivity contribution in [3.8, 4) is 0 Å². The zero-order valence-electron chi connectivity index (χ0n) is 10.3. The standard InChI is InChI=1S/C12H20N2S2/c1-4-13(2)7-5-6-8-14(3)10-9-11(15)12(10)16/h9H,4-8H2,1-3H3. The van der Waals surface area contributed by atoms with Crippen LogP contribution in [-0.2, 0) is 0 Å². The average molecular weight is 256 g/mol. The van der Waals surface area contributed by atoms with Crippen molar-refractivity contribution in [3.05, 3.63) is 15.1 Å². The third-order valence-corrected chi connectivity index (χ3v) is 3.84. The van der Waals surface area contributed by atoms with E-state index in [1.807, 2.05) is 6.07 Å². The third kappa shape index (κ3) is 3.61. The molecule has 0 saturated carbocycles. The fourth-order valence-corrected chi connectivity index (χ4v) is 2.09. The average Bonchev–Trinajstić information content (AvgIpc) is 2.30. The first-order valence-electron chi connectivity index (χ1n) is 5.76. The second-order valence-corrected chi connectivity index (χ2v) is 5.10. The topological polar surface area (TPSA) is 6.48 Å². The highest BCUT2D eigenvalue weighted by Gasteiger charge is 2.07. The lowest BCUT2D eigenvalue weighted by atomic mass is 10.2. The zero-order chi connectivity index (χ0) is 12.1. The molecule has 1 aromatic rings. The van der Waals surface area contributed by atoms with Gasteiger partial charge < -0.3 is 9.80 Å². The highest BCUT2D eigenvalue weighted by molar-refractivity contribution is 7.74. The van der Waals surface area contributed by atoms with Gasteiger partial charge in [-0.15, -0.1) is 0 Å². The van der Waals surface area contributed by atoms with E-state index in [2.05, 4.69) is 30.8 Å². The zero-order valence-corrected chi connectivity index (χ0v) is 12.0. The van der Waals surface area contributed by atoms with E-state index in [9.17, 15) is 0 Å². The van der Waals surface area contributed by atoms with E-state index in [1.54, 1.807) is 0 Å². The molecule has 0 N–H and O–H groups in total. The van der Waals surface area contributed by atoms with Gasteiger partial charge in [-0.1, -0.05) is 31.4 Å². The molecule has 2 nitrogen and oxygen atoms in total. The Morgan fingerprint density at radius 2 is 1.75 bits per heavy atom. The first kappa shape index (κ1) is 13.7. The summed E-state index contributed by atoms with van der Waals surface area (Å²) in [7, 11) is 4.25. The van der Waals surface area contributed by atoms with E-state index in [0.29, 0.717) is 0 Å². The maximum absolute atomic E-state index is 5.18.